The summed E-state index contributed by atoms with van der Waals surface area (Å²) in [5.74, 6) is -2.41. The number of aliphatic carboxylic acids is 1. The molecule has 1 heterocycles. The second-order valence-electron chi connectivity index (χ2n) is 3.36. The predicted octanol–water partition coefficient (Wildman–Crippen LogP) is -1.14. The van der Waals surface area contributed by atoms with Crippen molar-refractivity contribution in [2.24, 2.45) is 5.73 Å². The first-order valence-corrected chi connectivity index (χ1v) is 4.81. The summed E-state index contributed by atoms with van der Waals surface area (Å²) < 4.78 is 0. The Bertz CT molecular complexity index is 415. The van der Waals surface area contributed by atoms with Gasteiger partial charge in [0.25, 0.3) is 5.91 Å². The SMILES string of the molecule is NC(=O)CC[C@H](NC(=O)c1cn[nH]c1)C(=O)O. The van der Waals surface area contributed by atoms with Gasteiger partial charge < -0.3 is 16.2 Å². The zero-order valence-corrected chi connectivity index (χ0v) is 8.84. The van der Waals surface area contributed by atoms with Crippen LogP contribution in [0.4, 0.5) is 0 Å². The van der Waals surface area contributed by atoms with Crippen molar-refractivity contribution in [2.45, 2.75) is 18.9 Å². The lowest BCUT2D eigenvalue weighted by atomic mass is 10.1. The van der Waals surface area contributed by atoms with Crippen molar-refractivity contribution < 1.29 is 19.5 Å². The molecule has 1 aromatic heterocycles. The molecule has 5 N–H and O–H groups in total. The zero-order valence-electron chi connectivity index (χ0n) is 8.84. The normalized spacial score (nSPS) is 11.8. The van der Waals surface area contributed by atoms with E-state index in [9.17, 15) is 14.4 Å². The molecular weight excluding hydrogens is 228 g/mol. The summed E-state index contributed by atoms with van der Waals surface area (Å²) >= 11 is 0. The van der Waals surface area contributed by atoms with Gasteiger partial charge >= 0.3 is 5.97 Å². The molecule has 0 saturated carbocycles. The highest BCUT2D eigenvalue weighted by atomic mass is 16.4. The van der Waals surface area contributed by atoms with E-state index in [1.807, 2.05) is 0 Å². The number of primary amides is 1. The van der Waals surface area contributed by atoms with Crippen molar-refractivity contribution in [1.29, 1.82) is 0 Å². The number of nitrogens with one attached hydrogen (secondary N) is 2. The van der Waals surface area contributed by atoms with Crippen LogP contribution in [0.25, 0.3) is 0 Å². The molecule has 0 aromatic carbocycles. The molecule has 0 saturated heterocycles. The molecule has 1 aromatic rings. The maximum absolute atomic E-state index is 11.5. The van der Waals surface area contributed by atoms with Crippen LogP contribution in [-0.2, 0) is 9.59 Å². The van der Waals surface area contributed by atoms with E-state index in [0.29, 0.717) is 0 Å². The average Bonchev–Trinajstić information content (AvgIpc) is 2.76. The highest BCUT2D eigenvalue weighted by molar-refractivity contribution is 5.96. The van der Waals surface area contributed by atoms with Crippen LogP contribution in [0.15, 0.2) is 12.4 Å². The van der Waals surface area contributed by atoms with Crippen molar-refractivity contribution in [3.63, 3.8) is 0 Å². The molecule has 0 radical (unpaired) electrons. The van der Waals surface area contributed by atoms with E-state index in [1.54, 1.807) is 0 Å². The van der Waals surface area contributed by atoms with Gasteiger partial charge in [-0.1, -0.05) is 0 Å². The van der Waals surface area contributed by atoms with Gasteiger partial charge in [-0.2, -0.15) is 5.10 Å². The Morgan fingerprint density at radius 1 is 1.53 bits per heavy atom. The molecule has 8 heteroatoms. The number of aromatic nitrogens is 2. The third kappa shape index (κ3) is 3.93. The summed E-state index contributed by atoms with van der Waals surface area (Å²) in [5.41, 5.74) is 5.12. The number of aromatic amines is 1. The monoisotopic (exact) mass is 240 g/mol. The van der Waals surface area contributed by atoms with Crippen molar-refractivity contribution in [1.82, 2.24) is 15.5 Å². The minimum Gasteiger partial charge on any atom is -0.480 e. The number of nitrogens with zero attached hydrogens (tertiary/aromatic N) is 1. The van der Waals surface area contributed by atoms with Crippen LogP contribution in [0, 0.1) is 0 Å². The third-order valence-corrected chi connectivity index (χ3v) is 2.04. The van der Waals surface area contributed by atoms with E-state index in [-0.39, 0.29) is 18.4 Å². The van der Waals surface area contributed by atoms with Crippen LogP contribution in [0.3, 0.4) is 0 Å². The second-order valence-corrected chi connectivity index (χ2v) is 3.36. The smallest absolute Gasteiger partial charge is 0.326 e. The largest absolute Gasteiger partial charge is 0.480 e. The zero-order chi connectivity index (χ0) is 12.8. The molecule has 0 bridgehead atoms. The Hall–Kier alpha value is -2.38. The Morgan fingerprint density at radius 3 is 2.71 bits per heavy atom. The van der Waals surface area contributed by atoms with Gasteiger partial charge in [0.05, 0.1) is 11.8 Å². The number of rotatable bonds is 6. The van der Waals surface area contributed by atoms with Crippen LogP contribution in [0.1, 0.15) is 23.2 Å². The summed E-state index contributed by atoms with van der Waals surface area (Å²) in [5, 5.41) is 17.1. The molecular formula is C9H12N4O4. The van der Waals surface area contributed by atoms with Gasteiger partial charge in [0.1, 0.15) is 6.04 Å². The number of nitrogens with two attached hydrogens (primary N) is 1. The quantitative estimate of drug-likeness (QED) is 0.497. The number of carboxylic acids is 1. The number of hydrogen-bond donors (Lipinski definition) is 4. The van der Waals surface area contributed by atoms with Gasteiger partial charge in [0.15, 0.2) is 0 Å². The molecule has 2 amide bonds. The van der Waals surface area contributed by atoms with Crippen molar-refractivity contribution >= 4 is 17.8 Å². The summed E-state index contributed by atoms with van der Waals surface area (Å²) in [7, 11) is 0. The Labute approximate surface area is 96.2 Å². The lowest BCUT2D eigenvalue weighted by Crippen LogP contribution is -2.41. The fourth-order valence-corrected chi connectivity index (χ4v) is 1.16. The van der Waals surface area contributed by atoms with Crippen LogP contribution < -0.4 is 11.1 Å². The summed E-state index contributed by atoms with van der Waals surface area (Å²) in [4.78, 5) is 32.9. The van der Waals surface area contributed by atoms with Gasteiger partial charge in [-0.05, 0) is 6.42 Å². The van der Waals surface area contributed by atoms with E-state index in [0.717, 1.165) is 0 Å². The number of carbonyl (C=O) groups is 3. The number of amides is 2. The summed E-state index contributed by atoms with van der Waals surface area (Å²) in [6, 6.07) is -1.15. The summed E-state index contributed by atoms with van der Waals surface area (Å²) in [6.07, 6.45) is 2.45. The fourth-order valence-electron chi connectivity index (χ4n) is 1.16. The van der Waals surface area contributed by atoms with Crippen LogP contribution >= 0.6 is 0 Å². The lowest BCUT2D eigenvalue weighted by molar-refractivity contribution is -0.139. The molecule has 0 aliphatic heterocycles. The first-order chi connectivity index (χ1) is 8.00. The van der Waals surface area contributed by atoms with Crippen LogP contribution in [-0.4, -0.2) is 39.1 Å². The molecule has 1 rings (SSSR count). The van der Waals surface area contributed by atoms with Crippen LogP contribution in [0.2, 0.25) is 0 Å². The molecule has 8 nitrogen and oxygen atoms in total. The first kappa shape index (κ1) is 12.7. The highest BCUT2D eigenvalue weighted by Gasteiger charge is 2.21. The standard InChI is InChI=1S/C9H12N4O4/c10-7(14)2-1-6(9(16)17)13-8(15)5-3-11-12-4-5/h3-4,6H,1-2H2,(H2,10,14)(H,11,12)(H,13,15)(H,16,17)/t6-/m0/s1. The molecule has 1 atom stereocenters. The molecule has 17 heavy (non-hydrogen) atoms. The second kappa shape index (κ2) is 5.64. The number of carboxylic acid groups (broad SMARTS) is 1. The minimum atomic E-state index is -1.22. The van der Waals surface area contributed by atoms with E-state index in [4.69, 9.17) is 10.8 Å². The van der Waals surface area contributed by atoms with E-state index < -0.39 is 23.8 Å². The Kier molecular flexibility index (Phi) is 4.21. The van der Waals surface area contributed by atoms with Crippen molar-refractivity contribution in [3.8, 4) is 0 Å². The topological polar surface area (TPSA) is 138 Å². The van der Waals surface area contributed by atoms with Crippen molar-refractivity contribution in [2.75, 3.05) is 0 Å². The first-order valence-electron chi connectivity index (χ1n) is 4.81. The Balaban J connectivity index is 2.58. The van der Waals surface area contributed by atoms with Crippen LogP contribution in [0.5, 0.6) is 0 Å². The average molecular weight is 240 g/mol. The molecule has 0 spiro atoms. The number of hydrogen-bond acceptors (Lipinski definition) is 4. The van der Waals surface area contributed by atoms with E-state index >= 15 is 0 Å². The maximum Gasteiger partial charge on any atom is 0.326 e. The molecule has 0 aliphatic carbocycles. The van der Waals surface area contributed by atoms with Gasteiger partial charge in [0.2, 0.25) is 5.91 Å². The lowest BCUT2D eigenvalue weighted by Gasteiger charge is -2.12. The van der Waals surface area contributed by atoms with Gasteiger partial charge in [-0.25, -0.2) is 4.79 Å². The van der Waals surface area contributed by atoms with Crippen molar-refractivity contribution in [3.05, 3.63) is 18.0 Å². The highest BCUT2D eigenvalue weighted by Crippen LogP contribution is 2.00. The molecule has 0 fully saturated rings. The summed E-state index contributed by atoms with van der Waals surface area (Å²) in [6.45, 7) is 0. The maximum atomic E-state index is 11.5. The van der Waals surface area contributed by atoms with E-state index in [2.05, 4.69) is 15.5 Å². The minimum absolute atomic E-state index is 0.0474. The number of carbonyl (C=O) groups excluding carboxylic acids is 2. The predicted molar refractivity (Wildman–Crippen MR) is 55.9 cm³/mol. The van der Waals surface area contributed by atoms with E-state index in [1.165, 1.54) is 12.4 Å². The molecule has 0 aliphatic rings. The Morgan fingerprint density at radius 2 is 2.24 bits per heavy atom. The molecule has 92 valence electrons. The van der Waals surface area contributed by atoms with Gasteiger partial charge in [-0.3, -0.25) is 14.7 Å². The van der Waals surface area contributed by atoms with Gasteiger partial charge in [0, 0.05) is 12.6 Å². The fraction of sp³-hybridized carbons (Fsp3) is 0.333. The van der Waals surface area contributed by atoms with Gasteiger partial charge in [-0.15, -0.1) is 0 Å². The molecule has 0 unspecified atom stereocenters. The number of H-pyrrole nitrogens is 1. The third-order valence-electron chi connectivity index (χ3n) is 2.04.